The smallest absolute Gasteiger partial charge is 0.0120 e. The second kappa shape index (κ2) is 9.78. The van der Waals surface area contributed by atoms with Gasteiger partial charge in [0.15, 0.2) is 0 Å². The molecule has 1 fully saturated rings. The summed E-state index contributed by atoms with van der Waals surface area (Å²) in [5, 5.41) is 3.74. The van der Waals surface area contributed by atoms with E-state index < -0.39 is 0 Å². The molecule has 0 aromatic rings. The van der Waals surface area contributed by atoms with E-state index in [1.807, 2.05) is 0 Å². The van der Waals surface area contributed by atoms with Gasteiger partial charge in [0.2, 0.25) is 0 Å². The van der Waals surface area contributed by atoms with E-state index >= 15 is 0 Å². The zero-order valence-electron chi connectivity index (χ0n) is 14.6. The van der Waals surface area contributed by atoms with E-state index in [1.54, 1.807) is 0 Å². The first-order valence-electron chi connectivity index (χ1n) is 9.10. The first-order chi connectivity index (χ1) is 9.61. The maximum absolute atomic E-state index is 3.74. The molecule has 0 radical (unpaired) electrons. The van der Waals surface area contributed by atoms with Crippen LogP contribution in [0.15, 0.2) is 0 Å². The molecule has 1 N–H and O–H groups in total. The molecular formula is C18H38N2. The van der Waals surface area contributed by atoms with Crippen LogP contribution in [0.1, 0.15) is 79.6 Å². The van der Waals surface area contributed by atoms with Gasteiger partial charge in [-0.05, 0) is 45.6 Å². The molecule has 120 valence electrons. The Labute approximate surface area is 127 Å². The third kappa shape index (κ3) is 5.37. The lowest BCUT2D eigenvalue weighted by Gasteiger charge is -2.46. The minimum absolute atomic E-state index is 0.722. The van der Waals surface area contributed by atoms with E-state index in [-0.39, 0.29) is 0 Å². The van der Waals surface area contributed by atoms with E-state index in [9.17, 15) is 0 Å². The lowest BCUT2D eigenvalue weighted by Crippen LogP contribution is -2.55. The summed E-state index contributed by atoms with van der Waals surface area (Å²) >= 11 is 0. The highest BCUT2D eigenvalue weighted by atomic mass is 15.2. The molecule has 0 aromatic carbocycles. The number of piperidine rings is 1. The van der Waals surface area contributed by atoms with Crippen molar-refractivity contribution < 1.29 is 0 Å². The van der Waals surface area contributed by atoms with Gasteiger partial charge in [0.25, 0.3) is 0 Å². The van der Waals surface area contributed by atoms with Crippen LogP contribution >= 0.6 is 0 Å². The summed E-state index contributed by atoms with van der Waals surface area (Å²) in [6.07, 6.45) is 9.52. The fourth-order valence-electron chi connectivity index (χ4n) is 3.66. The molecule has 0 aromatic heterocycles. The number of nitrogens with zero attached hydrogens (tertiary/aromatic N) is 1. The second-order valence-corrected chi connectivity index (χ2v) is 6.89. The number of unbranched alkanes of at least 4 members (excludes halogenated alkanes) is 3. The lowest BCUT2D eigenvalue weighted by molar-refractivity contribution is 0.0489. The van der Waals surface area contributed by atoms with Gasteiger partial charge in [-0.2, -0.15) is 0 Å². The molecular weight excluding hydrogens is 244 g/mol. The highest BCUT2D eigenvalue weighted by molar-refractivity contribution is 4.90. The summed E-state index contributed by atoms with van der Waals surface area (Å²) in [5.74, 6) is 0.772. The molecule has 2 heteroatoms. The largest absolute Gasteiger partial charge is 0.314 e. The van der Waals surface area contributed by atoms with Crippen LogP contribution in [0.4, 0.5) is 0 Å². The highest BCUT2D eigenvalue weighted by Crippen LogP contribution is 2.27. The average Bonchev–Trinajstić information content (AvgIpc) is 2.45. The van der Waals surface area contributed by atoms with Crippen LogP contribution in [-0.4, -0.2) is 36.1 Å². The van der Waals surface area contributed by atoms with Crippen LogP contribution in [0.5, 0.6) is 0 Å². The van der Waals surface area contributed by atoms with Crippen molar-refractivity contribution in [2.75, 3.05) is 13.1 Å². The fraction of sp³-hybridized carbons (Fsp3) is 1.00. The van der Waals surface area contributed by atoms with E-state index in [0.29, 0.717) is 0 Å². The maximum atomic E-state index is 3.74. The minimum Gasteiger partial charge on any atom is -0.314 e. The fourth-order valence-corrected chi connectivity index (χ4v) is 3.66. The summed E-state index contributed by atoms with van der Waals surface area (Å²) in [4.78, 5) is 2.76. The molecule has 0 bridgehead atoms. The molecule has 1 aliphatic rings. The Morgan fingerprint density at radius 2 is 1.85 bits per heavy atom. The Bertz CT molecular complexity index is 242. The first-order valence-corrected chi connectivity index (χ1v) is 9.10. The molecule has 1 rings (SSSR count). The second-order valence-electron chi connectivity index (χ2n) is 6.89. The molecule has 1 saturated heterocycles. The third-order valence-corrected chi connectivity index (χ3v) is 5.32. The Kier molecular flexibility index (Phi) is 8.79. The zero-order chi connectivity index (χ0) is 15.0. The third-order valence-electron chi connectivity index (χ3n) is 5.32. The van der Waals surface area contributed by atoms with Gasteiger partial charge in [0, 0.05) is 24.7 Å². The molecule has 1 aliphatic heterocycles. The van der Waals surface area contributed by atoms with Gasteiger partial charge in [-0.1, -0.05) is 46.5 Å². The van der Waals surface area contributed by atoms with Gasteiger partial charge in [-0.3, -0.25) is 4.90 Å². The van der Waals surface area contributed by atoms with Gasteiger partial charge in [0.1, 0.15) is 0 Å². The predicted molar refractivity (Wildman–Crippen MR) is 90.3 cm³/mol. The zero-order valence-corrected chi connectivity index (χ0v) is 14.6. The molecule has 0 aliphatic carbocycles. The van der Waals surface area contributed by atoms with Gasteiger partial charge in [0.05, 0.1) is 0 Å². The molecule has 4 atom stereocenters. The Hall–Kier alpha value is -0.0800. The molecule has 0 saturated carbocycles. The van der Waals surface area contributed by atoms with Crippen molar-refractivity contribution >= 4 is 0 Å². The lowest BCUT2D eigenvalue weighted by atomic mass is 9.85. The highest BCUT2D eigenvalue weighted by Gasteiger charge is 2.33. The van der Waals surface area contributed by atoms with Crippen LogP contribution < -0.4 is 5.32 Å². The van der Waals surface area contributed by atoms with Crippen molar-refractivity contribution in [2.24, 2.45) is 5.92 Å². The van der Waals surface area contributed by atoms with Crippen molar-refractivity contribution in [3.8, 4) is 0 Å². The van der Waals surface area contributed by atoms with Crippen LogP contribution in [0.3, 0.4) is 0 Å². The van der Waals surface area contributed by atoms with Crippen LogP contribution in [0.25, 0.3) is 0 Å². The van der Waals surface area contributed by atoms with Crippen LogP contribution in [-0.2, 0) is 0 Å². The van der Waals surface area contributed by atoms with E-state index in [1.165, 1.54) is 58.0 Å². The van der Waals surface area contributed by atoms with Crippen molar-refractivity contribution in [1.29, 1.82) is 0 Å². The van der Waals surface area contributed by atoms with Crippen molar-refractivity contribution in [3.63, 3.8) is 0 Å². The number of likely N-dealkylation sites (tertiary alicyclic amines) is 1. The topological polar surface area (TPSA) is 15.3 Å². The Morgan fingerprint density at radius 3 is 2.50 bits per heavy atom. The predicted octanol–water partition coefficient (Wildman–Crippen LogP) is 4.44. The first kappa shape index (κ1) is 18.0. The molecule has 1 heterocycles. The molecule has 2 nitrogen and oxygen atoms in total. The number of nitrogens with one attached hydrogen (secondary N) is 1. The minimum atomic E-state index is 0.722. The number of hydrogen-bond donors (Lipinski definition) is 1. The van der Waals surface area contributed by atoms with Crippen LogP contribution in [0, 0.1) is 5.92 Å². The molecule has 20 heavy (non-hydrogen) atoms. The van der Waals surface area contributed by atoms with Crippen molar-refractivity contribution in [1.82, 2.24) is 10.2 Å². The monoisotopic (exact) mass is 282 g/mol. The average molecular weight is 283 g/mol. The van der Waals surface area contributed by atoms with E-state index in [4.69, 9.17) is 0 Å². The molecule has 4 unspecified atom stereocenters. The standard InChI is InChI=1S/C18H38N2/c1-6-8-9-10-11-15(3)20-14-12-18(19-13-7-2)16(4)17(20)5/h15-19H,6-14H2,1-5H3. The Balaban J connectivity index is 2.37. The Morgan fingerprint density at radius 1 is 1.10 bits per heavy atom. The normalized spacial score (nSPS) is 29.6. The van der Waals surface area contributed by atoms with Crippen molar-refractivity contribution in [2.45, 2.75) is 97.7 Å². The van der Waals surface area contributed by atoms with E-state index in [0.717, 1.165) is 24.0 Å². The molecule has 0 amide bonds. The SMILES string of the molecule is CCCCCCC(C)N1CCC(NCCC)C(C)C1C. The number of rotatable bonds is 9. The summed E-state index contributed by atoms with van der Waals surface area (Å²) < 4.78 is 0. The molecule has 0 spiro atoms. The summed E-state index contributed by atoms with van der Waals surface area (Å²) in [6.45, 7) is 14.3. The summed E-state index contributed by atoms with van der Waals surface area (Å²) in [7, 11) is 0. The summed E-state index contributed by atoms with van der Waals surface area (Å²) in [6, 6.07) is 2.21. The maximum Gasteiger partial charge on any atom is 0.0120 e. The van der Waals surface area contributed by atoms with E-state index in [2.05, 4.69) is 44.8 Å². The summed E-state index contributed by atoms with van der Waals surface area (Å²) in [5.41, 5.74) is 0. The number of hydrogen-bond acceptors (Lipinski definition) is 2. The van der Waals surface area contributed by atoms with Gasteiger partial charge >= 0.3 is 0 Å². The van der Waals surface area contributed by atoms with Crippen LogP contribution in [0.2, 0.25) is 0 Å². The van der Waals surface area contributed by atoms with Crippen molar-refractivity contribution in [3.05, 3.63) is 0 Å². The quantitative estimate of drug-likeness (QED) is 0.629. The van der Waals surface area contributed by atoms with Gasteiger partial charge in [-0.15, -0.1) is 0 Å². The van der Waals surface area contributed by atoms with Gasteiger partial charge < -0.3 is 5.32 Å². The van der Waals surface area contributed by atoms with Gasteiger partial charge in [-0.25, -0.2) is 0 Å².